The minimum absolute atomic E-state index is 0.111. The van der Waals surface area contributed by atoms with Crippen molar-refractivity contribution < 1.29 is 13.9 Å². The molecule has 0 bridgehead atoms. The van der Waals surface area contributed by atoms with Crippen LogP contribution in [-0.2, 0) is 4.74 Å². The van der Waals surface area contributed by atoms with Gasteiger partial charge in [-0.2, -0.15) is 0 Å². The standard InChI is InChI=1S/C22H25N3O3S/c1-22(2,25-10-13-27-14-11-25)15-23-20(26)19-18(16-7-4-3-5-8-16)24-21(29-19)17-9-6-12-28-17/h3-9,12H,10-11,13-15H2,1-2H3,(H,23,26). The fourth-order valence-corrected chi connectivity index (χ4v) is 4.40. The Morgan fingerprint density at radius 3 is 2.62 bits per heavy atom. The van der Waals surface area contributed by atoms with Crippen LogP contribution < -0.4 is 5.32 Å². The quantitative estimate of drug-likeness (QED) is 0.666. The maximum atomic E-state index is 13.1. The van der Waals surface area contributed by atoms with Crippen molar-refractivity contribution in [2.24, 2.45) is 0 Å². The largest absolute Gasteiger partial charge is 0.462 e. The van der Waals surface area contributed by atoms with Crippen LogP contribution in [0.2, 0.25) is 0 Å². The van der Waals surface area contributed by atoms with Crippen LogP contribution in [0.4, 0.5) is 0 Å². The predicted octanol–water partition coefficient (Wildman–Crippen LogP) is 3.91. The summed E-state index contributed by atoms with van der Waals surface area (Å²) in [6.07, 6.45) is 1.61. The molecule has 0 unspecified atom stereocenters. The summed E-state index contributed by atoms with van der Waals surface area (Å²) < 4.78 is 10.9. The van der Waals surface area contributed by atoms with E-state index in [1.165, 1.54) is 11.3 Å². The number of morpholine rings is 1. The van der Waals surface area contributed by atoms with Crippen molar-refractivity contribution in [3.63, 3.8) is 0 Å². The molecule has 3 heterocycles. The van der Waals surface area contributed by atoms with E-state index in [0.717, 1.165) is 31.9 Å². The Kier molecular flexibility index (Phi) is 5.80. The Labute approximate surface area is 174 Å². The molecule has 0 saturated carbocycles. The molecular weight excluding hydrogens is 386 g/mol. The Hall–Kier alpha value is -2.48. The topological polar surface area (TPSA) is 67.6 Å². The van der Waals surface area contributed by atoms with Gasteiger partial charge in [0.1, 0.15) is 4.88 Å². The van der Waals surface area contributed by atoms with Gasteiger partial charge in [-0.15, -0.1) is 11.3 Å². The van der Waals surface area contributed by atoms with E-state index in [0.29, 0.717) is 27.9 Å². The molecule has 0 spiro atoms. The first-order chi connectivity index (χ1) is 14.0. The predicted molar refractivity (Wildman–Crippen MR) is 114 cm³/mol. The fourth-order valence-electron chi connectivity index (χ4n) is 3.43. The van der Waals surface area contributed by atoms with Gasteiger partial charge in [0.2, 0.25) is 0 Å². The number of hydrogen-bond donors (Lipinski definition) is 1. The molecule has 0 radical (unpaired) electrons. The Balaban J connectivity index is 1.57. The highest BCUT2D eigenvalue weighted by molar-refractivity contribution is 7.17. The number of rotatable bonds is 6. The zero-order chi connectivity index (χ0) is 20.3. The zero-order valence-electron chi connectivity index (χ0n) is 16.7. The van der Waals surface area contributed by atoms with Gasteiger partial charge >= 0.3 is 0 Å². The van der Waals surface area contributed by atoms with Crippen LogP contribution in [0.5, 0.6) is 0 Å². The number of nitrogens with zero attached hydrogens (tertiary/aromatic N) is 2. The number of hydrogen-bond acceptors (Lipinski definition) is 6. The van der Waals surface area contributed by atoms with Gasteiger partial charge in [-0.25, -0.2) is 4.98 Å². The lowest BCUT2D eigenvalue weighted by molar-refractivity contribution is -0.00922. The van der Waals surface area contributed by atoms with E-state index in [4.69, 9.17) is 14.1 Å². The van der Waals surface area contributed by atoms with Gasteiger partial charge in [0.25, 0.3) is 5.91 Å². The third-order valence-corrected chi connectivity index (χ3v) is 6.23. The van der Waals surface area contributed by atoms with Crippen LogP contribution in [0.1, 0.15) is 23.5 Å². The van der Waals surface area contributed by atoms with E-state index >= 15 is 0 Å². The summed E-state index contributed by atoms with van der Waals surface area (Å²) in [5.74, 6) is 0.556. The highest BCUT2D eigenvalue weighted by atomic mass is 32.1. The van der Waals surface area contributed by atoms with Crippen LogP contribution in [0.15, 0.2) is 53.1 Å². The lowest BCUT2D eigenvalue weighted by atomic mass is 10.0. The average Bonchev–Trinajstić information content (AvgIpc) is 3.43. The fraction of sp³-hybridized carbons (Fsp3) is 0.364. The van der Waals surface area contributed by atoms with E-state index in [1.807, 2.05) is 42.5 Å². The number of ether oxygens (including phenoxy) is 1. The molecule has 152 valence electrons. The van der Waals surface area contributed by atoms with Crippen LogP contribution in [-0.4, -0.2) is 54.2 Å². The minimum atomic E-state index is -0.152. The molecule has 2 aromatic heterocycles. The molecule has 1 saturated heterocycles. The summed E-state index contributed by atoms with van der Waals surface area (Å²) in [5.41, 5.74) is 1.45. The van der Waals surface area contributed by atoms with Gasteiger partial charge in [0, 0.05) is 30.7 Å². The molecule has 4 rings (SSSR count). The first-order valence-corrected chi connectivity index (χ1v) is 10.6. The number of aromatic nitrogens is 1. The van der Waals surface area contributed by atoms with Gasteiger partial charge in [0.15, 0.2) is 10.8 Å². The van der Waals surface area contributed by atoms with Gasteiger partial charge < -0.3 is 14.5 Å². The summed E-state index contributed by atoms with van der Waals surface area (Å²) in [4.78, 5) is 20.8. The Morgan fingerprint density at radius 2 is 1.93 bits per heavy atom. The van der Waals surface area contributed by atoms with E-state index < -0.39 is 0 Å². The summed E-state index contributed by atoms with van der Waals surface area (Å²) in [5, 5.41) is 3.82. The third kappa shape index (κ3) is 4.42. The molecule has 0 atom stereocenters. The second kappa shape index (κ2) is 8.49. The molecule has 7 heteroatoms. The number of carbonyl (C=O) groups excluding carboxylic acids is 1. The molecular formula is C22H25N3O3S. The number of amides is 1. The summed E-state index contributed by atoms with van der Waals surface area (Å²) >= 11 is 1.36. The second-order valence-corrected chi connectivity index (χ2v) is 8.63. The van der Waals surface area contributed by atoms with Crippen LogP contribution in [0.3, 0.4) is 0 Å². The van der Waals surface area contributed by atoms with E-state index in [1.54, 1.807) is 6.26 Å². The molecule has 1 aromatic carbocycles. The minimum Gasteiger partial charge on any atom is -0.462 e. The van der Waals surface area contributed by atoms with Crippen LogP contribution in [0, 0.1) is 0 Å². The number of nitrogens with one attached hydrogen (secondary N) is 1. The highest BCUT2D eigenvalue weighted by Crippen LogP contribution is 2.34. The molecule has 29 heavy (non-hydrogen) atoms. The molecule has 1 amide bonds. The van der Waals surface area contributed by atoms with Gasteiger partial charge in [-0.3, -0.25) is 9.69 Å². The molecule has 6 nitrogen and oxygen atoms in total. The van der Waals surface area contributed by atoms with Crippen molar-refractivity contribution in [3.8, 4) is 22.0 Å². The Morgan fingerprint density at radius 1 is 1.17 bits per heavy atom. The lowest BCUT2D eigenvalue weighted by Gasteiger charge is -2.40. The smallest absolute Gasteiger partial charge is 0.263 e. The van der Waals surface area contributed by atoms with Crippen molar-refractivity contribution in [3.05, 3.63) is 53.6 Å². The molecule has 1 N–H and O–H groups in total. The SMILES string of the molecule is CC(C)(CNC(=O)c1sc(-c2ccco2)nc1-c1ccccc1)N1CCOCC1. The molecule has 0 aliphatic carbocycles. The van der Waals surface area contributed by atoms with Gasteiger partial charge in [0.05, 0.1) is 25.2 Å². The maximum Gasteiger partial charge on any atom is 0.263 e. The molecule has 3 aromatic rings. The molecule has 1 aliphatic rings. The summed E-state index contributed by atoms with van der Waals surface area (Å²) in [7, 11) is 0. The molecule has 1 fully saturated rings. The first kappa shape index (κ1) is 19.8. The van der Waals surface area contributed by atoms with E-state index in [2.05, 4.69) is 24.1 Å². The monoisotopic (exact) mass is 411 g/mol. The average molecular weight is 412 g/mol. The zero-order valence-corrected chi connectivity index (χ0v) is 17.5. The summed E-state index contributed by atoms with van der Waals surface area (Å²) in [6.45, 7) is 8.07. The number of furan rings is 1. The lowest BCUT2D eigenvalue weighted by Crippen LogP contribution is -2.55. The maximum absolute atomic E-state index is 13.1. The van der Waals surface area contributed by atoms with Crippen LogP contribution >= 0.6 is 11.3 Å². The van der Waals surface area contributed by atoms with Crippen molar-refractivity contribution >= 4 is 17.2 Å². The van der Waals surface area contributed by atoms with E-state index in [9.17, 15) is 4.79 Å². The third-order valence-electron chi connectivity index (χ3n) is 5.16. The van der Waals surface area contributed by atoms with Crippen molar-refractivity contribution in [1.29, 1.82) is 0 Å². The van der Waals surface area contributed by atoms with Crippen LogP contribution in [0.25, 0.3) is 22.0 Å². The molecule has 1 aliphatic heterocycles. The second-order valence-electron chi connectivity index (χ2n) is 7.63. The van der Waals surface area contributed by atoms with Crippen molar-refractivity contribution in [1.82, 2.24) is 15.2 Å². The van der Waals surface area contributed by atoms with Gasteiger partial charge in [-0.05, 0) is 26.0 Å². The number of carbonyl (C=O) groups is 1. The van der Waals surface area contributed by atoms with Crippen molar-refractivity contribution in [2.45, 2.75) is 19.4 Å². The van der Waals surface area contributed by atoms with E-state index in [-0.39, 0.29) is 11.4 Å². The first-order valence-electron chi connectivity index (χ1n) is 9.76. The van der Waals surface area contributed by atoms with Gasteiger partial charge in [-0.1, -0.05) is 30.3 Å². The Bertz CT molecular complexity index is 945. The highest BCUT2D eigenvalue weighted by Gasteiger charge is 2.30. The summed E-state index contributed by atoms with van der Waals surface area (Å²) in [6, 6.07) is 13.5. The number of benzene rings is 1. The number of thiazole rings is 1. The van der Waals surface area contributed by atoms with Crippen molar-refractivity contribution in [2.75, 3.05) is 32.8 Å². The normalized spacial score (nSPS) is 15.4.